The molecule has 0 saturated heterocycles. The Balaban J connectivity index is 4.45. The zero-order chi connectivity index (χ0) is 8.15. The van der Waals surface area contributed by atoms with Gasteiger partial charge < -0.3 is 5.11 Å². The van der Waals surface area contributed by atoms with Crippen LogP contribution < -0.4 is 0 Å². The predicted molar refractivity (Wildman–Crippen MR) is 40.9 cm³/mol. The molecule has 0 spiro atoms. The average Bonchev–Trinajstić information content (AvgIpc) is 1.88. The smallest absolute Gasteiger partial charge is 0.161 e. The van der Waals surface area contributed by atoms with Crippen molar-refractivity contribution in [1.82, 2.24) is 0 Å². The first-order chi connectivity index (χ1) is 4.63. The summed E-state index contributed by atoms with van der Waals surface area (Å²) in [6.45, 7) is 3.43. The third kappa shape index (κ3) is 2.50. The van der Waals surface area contributed by atoms with Crippen LogP contribution in [-0.2, 0) is 4.79 Å². The molecule has 10 heavy (non-hydrogen) atoms. The lowest BCUT2D eigenvalue weighted by molar-refractivity contribution is -0.104. The van der Waals surface area contributed by atoms with E-state index in [-0.39, 0.29) is 5.03 Å². The second-order valence-electron chi connectivity index (χ2n) is 2.02. The number of hydrogen-bond donors (Lipinski definition) is 1. The summed E-state index contributed by atoms with van der Waals surface area (Å²) in [6.07, 6.45) is 0.533. The van der Waals surface area contributed by atoms with Gasteiger partial charge in [-0.15, -0.1) is 0 Å². The highest BCUT2D eigenvalue weighted by Crippen LogP contribution is 2.14. The highest BCUT2D eigenvalue weighted by atomic mass is 35.5. The van der Waals surface area contributed by atoms with Crippen molar-refractivity contribution in [2.75, 3.05) is 0 Å². The van der Waals surface area contributed by atoms with Gasteiger partial charge in [-0.05, 0) is 18.9 Å². The van der Waals surface area contributed by atoms with Crippen molar-refractivity contribution in [3.8, 4) is 0 Å². The Morgan fingerprint density at radius 2 is 2.30 bits per heavy atom. The standard InChI is InChI=1S/C7H11ClO2/c1-3-6(5(2)10)7(8)4-9/h4-5,10H,3H2,1-2H3/b7-6+/t5-/m1/s1. The Morgan fingerprint density at radius 3 is 2.40 bits per heavy atom. The van der Waals surface area contributed by atoms with E-state index in [1.54, 1.807) is 6.92 Å². The molecule has 1 N–H and O–H groups in total. The van der Waals surface area contributed by atoms with Gasteiger partial charge in [0.05, 0.1) is 11.1 Å². The number of hydrogen-bond acceptors (Lipinski definition) is 2. The van der Waals surface area contributed by atoms with Crippen LogP contribution in [0.1, 0.15) is 20.3 Å². The van der Waals surface area contributed by atoms with Crippen LogP contribution in [0, 0.1) is 0 Å². The third-order valence-electron chi connectivity index (χ3n) is 1.30. The van der Waals surface area contributed by atoms with Gasteiger partial charge >= 0.3 is 0 Å². The van der Waals surface area contributed by atoms with Crippen LogP contribution in [0.5, 0.6) is 0 Å². The van der Waals surface area contributed by atoms with Crippen LogP contribution in [0.25, 0.3) is 0 Å². The number of aldehydes is 1. The Labute approximate surface area is 65.5 Å². The normalized spacial score (nSPS) is 16.0. The van der Waals surface area contributed by atoms with Crippen molar-refractivity contribution >= 4 is 17.9 Å². The molecule has 0 bridgehead atoms. The summed E-state index contributed by atoms with van der Waals surface area (Å²) < 4.78 is 0. The monoisotopic (exact) mass is 162 g/mol. The van der Waals surface area contributed by atoms with E-state index in [4.69, 9.17) is 16.7 Å². The molecule has 0 unspecified atom stereocenters. The van der Waals surface area contributed by atoms with Gasteiger partial charge in [-0.3, -0.25) is 4.79 Å². The first-order valence-electron chi connectivity index (χ1n) is 3.15. The highest BCUT2D eigenvalue weighted by Gasteiger charge is 2.06. The van der Waals surface area contributed by atoms with E-state index in [2.05, 4.69) is 0 Å². The molecule has 0 aromatic heterocycles. The van der Waals surface area contributed by atoms with Gasteiger partial charge in [-0.2, -0.15) is 0 Å². The van der Waals surface area contributed by atoms with Crippen molar-refractivity contribution in [1.29, 1.82) is 0 Å². The summed E-state index contributed by atoms with van der Waals surface area (Å²) in [5, 5.41) is 9.14. The SMILES string of the molecule is CC/C(=C(\Cl)C=O)[C@@H](C)O. The molecular weight excluding hydrogens is 152 g/mol. The molecule has 0 rings (SSSR count). The molecule has 0 heterocycles. The third-order valence-corrected chi connectivity index (χ3v) is 1.63. The van der Waals surface area contributed by atoms with Gasteiger partial charge in [-0.25, -0.2) is 0 Å². The summed E-state index contributed by atoms with van der Waals surface area (Å²) in [5.41, 5.74) is 0.594. The molecule has 0 aliphatic rings. The molecule has 0 aromatic rings. The summed E-state index contributed by atoms with van der Waals surface area (Å²) in [7, 11) is 0. The zero-order valence-corrected chi connectivity index (χ0v) is 6.85. The molecule has 0 aliphatic heterocycles. The van der Waals surface area contributed by atoms with Crippen LogP contribution in [0.3, 0.4) is 0 Å². The van der Waals surface area contributed by atoms with E-state index in [0.717, 1.165) is 0 Å². The van der Waals surface area contributed by atoms with Crippen LogP contribution in [-0.4, -0.2) is 17.5 Å². The summed E-state index contributed by atoms with van der Waals surface area (Å²) >= 11 is 5.48. The van der Waals surface area contributed by atoms with Crippen molar-refractivity contribution in [2.24, 2.45) is 0 Å². The van der Waals surface area contributed by atoms with Gasteiger partial charge in [-0.1, -0.05) is 18.5 Å². The Bertz CT molecular complexity index is 150. The van der Waals surface area contributed by atoms with Gasteiger partial charge in [0.2, 0.25) is 0 Å². The number of aliphatic hydroxyl groups excluding tert-OH is 1. The van der Waals surface area contributed by atoms with Gasteiger partial charge in [0.1, 0.15) is 0 Å². The number of rotatable bonds is 3. The molecular formula is C7H11ClO2. The fourth-order valence-electron chi connectivity index (χ4n) is 0.740. The molecule has 0 aromatic carbocycles. The lowest BCUT2D eigenvalue weighted by Gasteiger charge is -2.06. The second kappa shape index (κ2) is 4.47. The average molecular weight is 163 g/mol. The molecule has 0 saturated carbocycles. The molecule has 0 radical (unpaired) electrons. The molecule has 0 amide bonds. The summed E-state index contributed by atoms with van der Waals surface area (Å²) in [5.74, 6) is 0. The van der Waals surface area contributed by atoms with Crippen LogP contribution >= 0.6 is 11.6 Å². The Hall–Kier alpha value is -0.340. The van der Waals surface area contributed by atoms with E-state index >= 15 is 0 Å². The molecule has 0 fully saturated rings. The first kappa shape index (κ1) is 9.66. The van der Waals surface area contributed by atoms with E-state index in [0.29, 0.717) is 18.3 Å². The minimum atomic E-state index is -0.623. The summed E-state index contributed by atoms with van der Waals surface area (Å²) in [4.78, 5) is 10.1. The molecule has 58 valence electrons. The Morgan fingerprint density at radius 1 is 1.80 bits per heavy atom. The lowest BCUT2D eigenvalue weighted by Crippen LogP contribution is -2.05. The van der Waals surface area contributed by atoms with Crippen molar-refractivity contribution in [3.63, 3.8) is 0 Å². The number of carbonyl (C=O) groups is 1. The quantitative estimate of drug-likeness (QED) is 0.504. The van der Waals surface area contributed by atoms with Crippen LogP contribution in [0.15, 0.2) is 10.6 Å². The minimum Gasteiger partial charge on any atom is -0.389 e. The second-order valence-corrected chi connectivity index (χ2v) is 2.43. The largest absolute Gasteiger partial charge is 0.389 e. The van der Waals surface area contributed by atoms with E-state index in [1.165, 1.54) is 0 Å². The van der Waals surface area contributed by atoms with Crippen molar-refractivity contribution in [3.05, 3.63) is 10.6 Å². The van der Waals surface area contributed by atoms with E-state index in [9.17, 15) is 4.79 Å². The number of allylic oxidation sites excluding steroid dienone is 1. The maximum Gasteiger partial charge on any atom is 0.161 e. The zero-order valence-electron chi connectivity index (χ0n) is 6.10. The first-order valence-corrected chi connectivity index (χ1v) is 3.53. The molecule has 2 nitrogen and oxygen atoms in total. The predicted octanol–water partition coefficient (Wildman–Crippen LogP) is 1.47. The van der Waals surface area contributed by atoms with E-state index in [1.807, 2.05) is 6.92 Å². The number of aliphatic hydroxyl groups is 1. The molecule has 3 heteroatoms. The number of halogens is 1. The van der Waals surface area contributed by atoms with Crippen LogP contribution in [0.4, 0.5) is 0 Å². The number of carbonyl (C=O) groups excluding carboxylic acids is 1. The highest BCUT2D eigenvalue weighted by molar-refractivity contribution is 6.39. The van der Waals surface area contributed by atoms with Crippen molar-refractivity contribution < 1.29 is 9.90 Å². The maximum atomic E-state index is 10.1. The van der Waals surface area contributed by atoms with Gasteiger partial charge in [0.15, 0.2) is 6.29 Å². The van der Waals surface area contributed by atoms with Gasteiger partial charge in [0, 0.05) is 0 Å². The lowest BCUT2D eigenvalue weighted by atomic mass is 10.1. The topological polar surface area (TPSA) is 37.3 Å². The van der Waals surface area contributed by atoms with Crippen molar-refractivity contribution in [2.45, 2.75) is 26.4 Å². The summed E-state index contributed by atoms with van der Waals surface area (Å²) in [6, 6.07) is 0. The molecule has 0 aliphatic carbocycles. The van der Waals surface area contributed by atoms with E-state index < -0.39 is 6.10 Å². The Kier molecular flexibility index (Phi) is 4.32. The van der Waals surface area contributed by atoms with Crippen LogP contribution in [0.2, 0.25) is 0 Å². The molecule has 1 atom stereocenters. The maximum absolute atomic E-state index is 10.1. The fourth-order valence-corrected chi connectivity index (χ4v) is 1.03. The minimum absolute atomic E-state index is 0.123. The van der Waals surface area contributed by atoms with Gasteiger partial charge in [0.25, 0.3) is 0 Å². The fraction of sp³-hybridized carbons (Fsp3) is 0.571.